The lowest BCUT2D eigenvalue weighted by molar-refractivity contribution is -0.148. The fourth-order valence-corrected chi connectivity index (χ4v) is 1.37. The molecule has 0 saturated carbocycles. The maximum Gasteiger partial charge on any atom is 0.347 e. The number of methoxy groups -OCH3 is 1. The van der Waals surface area contributed by atoms with Gasteiger partial charge < -0.3 is 9.47 Å². The zero-order chi connectivity index (χ0) is 11.3. The maximum atomic E-state index is 11.3. The lowest BCUT2D eigenvalue weighted by Crippen LogP contribution is -2.27. The van der Waals surface area contributed by atoms with Crippen LogP contribution in [0.1, 0.15) is 13.3 Å². The van der Waals surface area contributed by atoms with Crippen LogP contribution in [-0.2, 0) is 9.53 Å². The number of benzene rings is 1. The molecular weight excluding hydrogens is 260 g/mol. The molecule has 15 heavy (non-hydrogen) atoms. The molecule has 0 fully saturated rings. The zero-order valence-electron chi connectivity index (χ0n) is 8.70. The molecule has 0 aliphatic heterocycles. The second kappa shape index (κ2) is 5.75. The molecule has 0 aliphatic carbocycles. The van der Waals surface area contributed by atoms with E-state index in [1.54, 1.807) is 12.1 Å². The summed E-state index contributed by atoms with van der Waals surface area (Å²) < 4.78 is 11.1. The predicted molar refractivity (Wildman–Crippen MR) is 60.9 cm³/mol. The van der Waals surface area contributed by atoms with E-state index < -0.39 is 6.10 Å². The van der Waals surface area contributed by atoms with E-state index in [9.17, 15) is 4.79 Å². The van der Waals surface area contributed by atoms with Crippen LogP contribution in [-0.4, -0.2) is 19.2 Å². The first kappa shape index (κ1) is 12.0. The van der Waals surface area contributed by atoms with Crippen LogP contribution in [0.15, 0.2) is 28.7 Å². The van der Waals surface area contributed by atoms with Gasteiger partial charge in [0.05, 0.1) is 7.11 Å². The van der Waals surface area contributed by atoms with Crippen molar-refractivity contribution in [2.24, 2.45) is 0 Å². The number of esters is 1. The molecule has 0 bridgehead atoms. The van der Waals surface area contributed by atoms with Crippen LogP contribution in [0.4, 0.5) is 0 Å². The summed E-state index contributed by atoms with van der Waals surface area (Å²) >= 11 is 3.32. The summed E-state index contributed by atoms with van der Waals surface area (Å²) in [6, 6.07) is 7.32. The topological polar surface area (TPSA) is 35.5 Å². The van der Waals surface area contributed by atoms with Crippen molar-refractivity contribution in [2.75, 3.05) is 7.11 Å². The third-order valence-corrected chi connectivity index (χ3v) is 2.46. The van der Waals surface area contributed by atoms with Crippen molar-refractivity contribution < 1.29 is 14.3 Å². The first-order chi connectivity index (χ1) is 7.17. The Kier molecular flexibility index (Phi) is 4.62. The number of halogens is 1. The number of carbonyl (C=O) groups excluding carboxylic acids is 1. The van der Waals surface area contributed by atoms with Crippen molar-refractivity contribution in [3.8, 4) is 5.75 Å². The minimum Gasteiger partial charge on any atom is -0.479 e. The highest BCUT2D eigenvalue weighted by Gasteiger charge is 2.18. The highest BCUT2D eigenvalue weighted by Crippen LogP contribution is 2.18. The van der Waals surface area contributed by atoms with Gasteiger partial charge in [0.2, 0.25) is 0 Å². The Morgan fingerprint density at radius 1 is 1.40 bits per heavy atom. The van der Waals surface area contributed by atoms with Crippen LogP contribution in [0.25, 0.3) is 0 Å². The average molecular weight is 273 g/mol. The van der Waals surface area contributed by atoms with E-state index in [4.69, 9.17) is 4.74 Å². The highest BCUT2D eigenvalue weighted by molar-refractivity contribution is 9.10. The standard InChI is InChI=1S/C11H13BrO3/c1-3-10(11(13)14-2)15-9-6-4-8(12)5-7-9/h4-7,10H,3H2,1-2H3/t10-/m0/s1. The molecule has 1 atom stereocenters. The third-order valence-electron chi connectivity index (χ3n) is 1.93. The van der Waals surface area contributed by atoms with Crippen molar-refractivity contribution in [1.82, 2.24) is 0 Å². The maximum absolute atomic E-state index is 11.3. The molecule has 0 aliphatic rings. The number of hydrogen-bond donors (Lipinski definition) is 0. The van der Waals surface area contributed by atoms with Crippen molar-refractivity contribution in [2.45, 2.75) is 19.4 Å². The molecule has 0 saturated heterocycles. The van der Waals surface area contributed by atoms with Gasteiger partial charge in [-0.3, -0.25) is 0 Å². The smallest absolute Gasteiger partial charge is 0.347 e. The number of hydrogen-bond acceptors (Lipinski definition) is 3. The SMILES string of the molecule is CC[C@H](Oc1ccc(Br)cc1)C(=O)OC. The van der Waals surface area contributed by atoms with Gasteiger partial charge in [0.1, 0.15) is 5.75 Å². The first-order valence-corrected chi connectivity index (χ1v) is 5.46. The van der Waals surface area contributed by atoms with Crippen LogP contribution >= 0.6 is 15.9 Å². The number of rotatable bonds is 4. The van der Waals surface area contributed by atoms with Crippen molar-refractivity contribution in [1.29, 1.82) is 0 Å². The summed E-state index contributed by atoms with van der Waals surface area (Å²) in [6.45, 7) is 1.88. The normalized spacial score (nSPS) is 11.9. The van der Waals surface area contributed by atoms with Crippen LogP contribution < -0.4 is 4.74 Å². The lowest BCUT2D eigenvalue weighted by Gasteiger charge is -2.14. The zero-order valence-corrected chi connectivity index (χ0v) is 10.3. The molecule has 0 aromatic heterocycles. The van der Waals surface area contributed by atoms with Gasteiger partial charge in [-0.1, -0.05) is 22.9 Å². The van der Waals surface area contributed by atoms with Crippen molar-refractivity contribution >= 4 is 21.9 Å². The van der Waals surface area contributed by atoms with Gasteiger partial charge in [-0.05, 0) is 30.7 Å². The molecule has 3 nitrogen and oxygen atoms in total. The molecule has 0 radical (unpaired) electrons. The Labute approximate surface area is 97.5 Å². The predicted octanol–water partition coefficient (Wildman–Crippen LogP) is 2.78. The van der Waals surface area contributed by atoms with E-state index in [-0.39, 0.29) is 5.97 Å². The molecule has 0 spiro atoms. The Bertz CT molecular complexity index is 321. The Morgan fingerprint density at radius 3 is 2.47 bits per heavy atom. The summed E-state index contributed by atoms with van der Waals surface area (Å²) in [5.74, 6) is 0.316. The summed E-state index contributed by atoms with van der Waals surface area (Å²) in [4.78, 5) is 11.3. The molecule has 1 aromatic carbocycles. The van der Waals surface area contributed by atoms with Gasteiger partial charge in [-0.15, -0.1) is 0 Å². The van der Waals surface area contributed by atoms with E-state index in [1.807, 2.05) is 19.1 Å². The average Bonchev–Trinajstić information content (AvgIpc) is 2.27. The molecule has 4 heteroatoms. The molecular formula is C11H13BrO3. The summed E-state index contributed by atoms with van der Waals surface area (Å²) in [6.07, 6.45) is 0.0547. The largest absolute Gasteiger partial charge is 0.479 e. The molecule has 1 rings (SSSR count). The van der Waals surface area contributed by atoms with Crippen LogP contribution in [0, 0.1) is 0 Å². The number of ether oxygens (including phenoxy) is 2. The molecule has 0 amide bonds. The minimum absolute atomic E-state index is 0.347. The Morgan fingerprint density at radius 2 is 2.00 bits per heavy atom. The van der Waals surface area contributed by atoms with Crippen LogP contribution in [0.5, 0.6) is 5.75 Å². The Balaban J connectivity index is 2.66. The van der Waals surface area contributed by atoms with E-state index >= 15 is 0 Å². The fourth-order valence-electron chi connectivity index (χ4n) is 1.11. The van der Waals surface area contributed by atoms with Crippen LogP contribution in [0.2, 0.25) is 0 Å². The number of carbonyl (C=O) groups is 1. The monoisotopic (exact) mass is 272 g/mol. The summed E-state index contributed by atoms with van der Waals surface area (Å²) in [5.41, 5.74) is 0. The van der Waals surface area contributed by atoms with E-state index in [0.29, 0.717) is 12.2 Å². The fraction of sp³-hybridized carbons (Fsp3) is 0.364. The summed E-state index contributed by atoms with van der Waals surface area (Å²) in [7, 11) is 1.36. The second-order valence-corrected chi connectivity index (χ2v) is 3.91. The summed E-state index contributed by atoms with van der Waals surface area (Å²) in [5, 5.41) is 0. The van der Waals surface area contributed by atoms with Crippen molar-refractivity contribution in [3.05, 3.63) is 28.7 Å². The molecule has 0 heterocycles. The van der Waals surface area contributed by atoms with Gasteiger partial charge in [0, 0.05) is 4.47 Å². The van der Waals surface area contributed by atoms with E-state index in [0.717, 1.165) is 4.47 Å². The molecule has 1 aromatic rings. The van der Waals surface area contributed by atoms with Gasteiger partial charge in [0.15, 0.2) is 6.10 Å². The Hall–Kier alpha value is -1.03. The minimum atomic E-state index is -0.531. The van der Waals surface area contributed by atoms with Gasteiger partial charge in [0.25, 0.3) is 0 Å². The van der Waals surface area contributed by atoms with Gasteiger partial charge in [-0.25, -0.2) is 4.79 Å². The lowest BCUT2D eigenvalue weighted by atomic mass is 10.2. The first-order valence-electron chi connectivity index (χ1n) is 4.67. The van der Waals surface area contributed by atoms with Gasteiger partial charge >= 0.3 is 5.97 Å². The molecule has 0 unspecified atom stereocenters. The quantitative estimate of drug-likeness (QED) is 0.791. The molecule has 82 valence electrons. The van der Waals surface area contributed by atoms with Crippen molar-refractivity contribution in [3.63, 3.8) is 0 Å². The highest BCUT2D eigenvalue weighted by atomic mass is 79.9. The van der Waals surface area contributed by atoms with E-state index in [1.165, 1.54) is 7.11 Å². The third kappa shape index (κ3) is 3.55. The second-order valence-electron chi connectivity index (χ2n) is 2.99. The van der Waals surface area contributed by atoms with Crippen LogP contribution in [0.3, 0.4) is 0 Å². The van der Waals surface area contributed by atoms with Gasteiger partial charge in [-0.2, -0.15) is 0 Å². The van der Waals surface area contributed by atoms with E-state index in [2.05, 4.69) is 20.7 Å². The molecule has 0 N–H and O–H groups in total.